The van der Waals surface area contributed by atoms with Crippen LogP contribution in [0.2, 0.25) is 0 Å². The van der Waals surface area contributed by atoms with E-state index in [1.165, 1.54) is 18.7 Å². The summed E-state index contributed by atoms with van der Waals surface area (Å²) in [7, 11) is -3.10. The largest absolute Gasteiger partial charge is 0.486 e. The first-order valence-electron chi connectivity index (χ1n) is 8.02. The zero-order valence-corrected chi connectivity index (χ0v) is 15.3. The summed E-state index contributed by atoms with van der Waals surface area (Å²) < 4.78 is 35.2. The van der Waals surface area contributed by atoms with Crippen molar-refractivity contribution in [2.24, 2.45) is 4.99 Å². The van der Waals surface area contributed by atoms with Gasteiger partial charge >= 0.3 is 0 Å². The second-order valence-electron chi connectivity index (χ2n) is 6.31. The molecular formula is C16H18N2O5S2. The standard InChI is InChI=1S/C16H18N2O5S2/c1-10(19)7-24-16-17-12-8-25(20,21)9-13(12)18(16)11-2-3-14-15(6-11)23-5-4-22-14/h2-3,6,12-13H,4-5,7-9H2,1H3/t12-,13+/m0/s1. The molecule has 3 heterocycles. The first kappa shape index (κ1) is 16.7. The Hall–Kier alpha value is -1.74. The summed E-state index contributed by atoms with van der Waals surface area (Å²) in [5, 5.41) is 0.691. The lowest BCUT2D eigenvalue weighted by Crippen LogP contribution is -2.39. The minimum Gasteiger partial charge on any atom is -0.486 e. The zero-order chi connectivity index (χ0) is 17.6. The van der Waals surface area contributed by atoms with Gasteiger partial charge in [-0.15, -0.1) is 0 Å². The van der Waals surface area contributed by atoms with Crippen molar-refractivity contribution < 1.29 is 22.7 Å². The smallest absolute Gasteiger partial charge is 0.164 e. The fourth-order valence-corrected chi connectivity index (χ4v) is 6.05. The molecule has 1 aromatic rings. The summed E-state index contributed by atoms with van der Waals surface area (Å²) in [5.74, 6) is 1.82. The van der Waals surface area contributed by atoms with Gasteiger partial charge in [0, 0.05) is 11.8 Å². The second kappa shape index (κ2) is 6.21. The molecule has 4 rings (SSSR count). The molecule has 0 radical (unpaired) electrons. The molecule has 0 bridgehead atoms. The van der Waals surface area contributed by atoms with Crippen molar-refractivity contribution in [1.29, 1.82) is 0 Å². The number of fused-ring (bicyclic) bond motifs is 2. The fraction of sp³-hybridized carbons (Fsp3) is 0.500. The van der Waals surface area contributed by atoms with Crippen LogP contribution in [-0.2, 0) is 14.6 Å². The monoisotopic (exact) mass is 382 g/mol. The number of benzene rings is 1. The molecule has 0 aromatic heterocycles. The molecule has 3 aliphatic rings. The molecule has 0 N–H and O–H groups in total. The van der Waals surface area contributed by atoms with Gasteiger partial charge < -0.3 is 14.4 Å². The quantitative estimate of drug-likeness (QED) is 0.774. The highest BCUT2D eigenvalue weighted by atomic mass is 32.2. The van der Waals surface area contributed by atoms with Gasteiger partial charge in [-0.25, -0.2) is 8.42 Å². The number of amidine groups is 1. The number of nitrogens with zero attached hydrogens (tertiary/aromatic N) is 2. The van der Waals surface area contributed by atoms with Gasteiger partial charge in [-0.1, -0.05) is 11.8 Å². The van der Waals surface area contributed by atoms with Crippen LogP contribution in [0.15, 0.2) is 23.2 Å². The molecular weight excluding hydrogens is 364 g/mol. The Balaban J connectivity index is 1.68. The van der Waals surface area contributed by atoms with Crippen molar-refractivity contribution in [1.82, 2.24) is 0 Å². The van der Waals surface area contributed by atoms with E-state index in [2.05, 4.69) is 4.99 Å². The number of carbonyl (C=O) groups is 1. The number of ether oxygens (including phenoxy) is 2. The molecule has 1 aromatic carbocycles. The Labute approximate surface area is 150 Å². The minimum atomic E-state index is -3.10. The van der Waals surface area contributed by atoms with Gasteiger partial charge in [-0.2, -0.15) is 0 Å². The molecule has 2 atom stereocenters. The summed E-state index contributed by atoms with van der Waals surface area (Å²) in [4.78, 5) is 17.9. The summed E-state index contributed by atoms with van der Waals surface area (Å²) in [6.07, 6.45) is 0. The number of Topliss-reactive ketones (excluding diaryl/α,β-unsaturated/α-hetero) is 1. The molecule has 3 aliphatic heterocycles. The number of thioether (sulfide) groups is 1. The topological polar surface area (TPSA) is 85.3 Å². The van der Waals surface area contributed by atoms with Crippen molar-refractivity contribution in [3.05, 3.63) is 18.2 Å². The summed E-state index contributed by atoms with van der Waals surface area (Å²) in [5.41, 5.74) is 0.809. The van der Waals surface area contributed by atoms with E-state index in [9.17, 15) is 13.2 Å². The van der Waals surface area contributed by atoms with Crippen LogP contribution in [0.4, 0.5) is 5.69 Å². The van der Waals surface area contributed by atoms with E-state index in [-0.39, 0.29) is 29.4 Å². The first-order chi connectivity index (χ1) is 11.9. The number of aliphatic imine (C=N–C) groups is 1. The van der Waals surface area contributed by atoms with E-state index in [1.54, 1.807) is 0 Å². The first-order valence-corrected chi connectivity index (χ1v) is 10.8. The van der Waals surface area contributed by atoms with E-state index < -0.39 is 9.84 Å². The van der Waals surface area contributed by atoms with Crippen molar-refractivity contribution >= 4 is 38.2 Å². The molecule has 0 amide bonds. The molecule has 9 heteroatoms. The SMILES string of the molecule is CC(=O)CSC1=N[C@H]2CS(=O)(=O)C[C@H]2N1c1ccc2c(c1)OCCO2. The highest BCUT2D eigenvalue weighted by Crippen LogP contribution is 2.39. The molecule has 0 spiro atoms. The van der Waals surface area contributed by atoms with E-state index >= 15 is 0 Å². The lowest BCUT2D eigenvalue weighted by molar-refractivity contribution is -0.114. The Morgan fingerprint density at radius 2 is 2.04 bits per heavy atom. The van der Waals surface area contributed by atoms with Gasteiger partial charge in [-0.3, -0.25) is 9.79 Å². The Bertz CT molecular complexity index is 852. The molecule has 0 saturated carbocycles. The van der Waals surface area contributed by atoms with Gasteiger partial charge in [0.15, 0.2) is 26.5 Å². The lowest BCUT2D eigenvalue weighted by atomic mass is 10.1. The van der Waals surface area contributed by atoms with Gasteiger partial charge in [0.2, 0.25) is 0 Å². The van der Waals surface area contributed by atoms with Crippen LogP contribution >= 0.6 is 11.8 Å². The maximum Gasteiger partial charge on any atom is 0.164 e. The average molecular weight is 382 g/mol. The van der Waals surface area contributed by atoms with Crippen molar-refractivity contribution in [3.8, 4) is 11.5 Å². The van der Waals surface area contributed by atoms with Crippen LogP contribution in [0.3, 0.4) is 0 Å². The molecule has 0 unspecified atom stereocenters. The molecule has 1 fully saturated rings. The minimum absolute atomic E-state index is 0.0551. The van der Waals surface area contributed by atoms with Gasteiger partial charge in [-0.05, 0) is 19.1 Å². The average Bonchev–Trinajstić information content (AvgIpc) is 3.03. The Morgan fingerprint density at radius 1 is 1.28 bits per heavy atom. The normalized spacial score (nSPS) is 26.3. The predicted octanol–water partition coefficient (Wildman–Crippen LogP) is 1.12. The zero-order valence-electron chi connectivity index (χ0n) is 13.7. The molecule has 1 saturated heterocycles. The van der Waals surface area contributed by atoms with E-state index in [0.29, 0.717) is 35.6 Å². The van der Waals surface area contributed by atoms with Crippen LogP contribution in [-0.4, -0.2) is 61.9 Å². The van der Waals surface area contributed by atoms with Crippen LogP contribution in [0.5, 0.6) is 11.5 Å². The van der Waals surface area contributed by atoms with Crippen LogP contribution in [0.25, 0.3) is 0 Å². The molecule has 0 aliphatic carbocycles. The summed E-state index contributed by atoms with van der Waals surface area (Å²) in [6, 6.07) is 5.04. The van der Waals surface area contributed by atoms with Crippen LogP contribution < -0.4 is 14.4 Å². The second-order valence-corrected chi connectivity index (χ2v) is 9.41. The van der Waals surface area contributed by atoms with E-state index in [4.69, 9.17) is 9.47 Å². The summed E-state index contributed by atoms with van der Waals surface area (Å²) >= 11 is 1.35. The van der Waals surface area contributed by atoms with Gasteiger partial charge in [0.1, 0.15) is 19.0 Å². The number of hydrogen-bond donors (Lipinski definition) is 0. The number of carbonyl (C=O) groups excluding carboxylic acids is 1. The number of hydrogen-bond acceptors (Lipinski definition) is 8. The van der Waals surface area contributed by atoms with E-state index in [1.807, 2.05) is 23.1 Å². The number of anilines is 1. The lowest BCUT2D eigenvalue weighted by Gasteiger charge is -2.28. The number of sulfone groups is 1. The number of ketones is 1. The Morgan fingerprint density at radius 3 is 2.80 bits per heavy atom. The third-order valence-electron chi connectivity index (χ3n) is 4.32. The fourth-order valence-electron chi connectivity index (χ4n) is 3.28. The Kier molecular flexibility index (Phi) is 4.15. The van der Waals surface area contributed by atoms with Crippen molar-refractivity contribution in [2.75, 3.05) is 35.4 Å². The highest BCUT2D eigenvalue weighted by Gasteiger charge is 2.47. The molecule has 25 heavy (non-hydrogen) atoms. The van der Waals surface area contributed by atoms with Crippen molar-refractivity contribution in [3.63, 3.8) is 0 Å². The third-order valence-corrected chi connectivity index (χ3v) is 7.13. The van der Waals surface area contributed by atoms with Gasteiger partial charge in [0.05, 0.1) is 29.3 Å². The third kappa shape index (κ3) is 3.22. The number of rotatable bonds is 3. The maximum absolute atomic E-state index is 12.0. The predicted molar refractivity (Wildman–Crippen MR) is 96.7 cm³/mol. The van der Waals surface area contributed by atoms with Crippen LogP contribution in [0, 0.1) is 0 Å². The molecule has 134 valence electrons. The van der Waals surface area contributed by atoms with Gasteiger partial charge in [0.25, 0.3) is 0 Å². The molecule has 7 nitrogen and oxygen atoms in total. The highest BCUT2D eigenvalue weighted by molar-refractivity contribution is 8.14. The van der Waals surface area contributed by atoms with Crippen molar-refractivity contribution in [2.45, 2.75) is 19.0 Å². The summed E-state index contributed by atoms with van der Waals surface area (Å²) in [6.45, 7) is 2.53. The maximum atomic E-state index is 12.0. The van der Waals surface area contributed by atoms with E-state index in [0.717, 1.165) is 5.69 Å². The van der Waals surface area contributed by atoms with Crippen LogP contribution in [0.1, 0.15) is 6.92 Å².